The van der Waals surface area contributed by atoms with Gasteiger partial charge in [0, 0.05) is 5.02 Å². The van der Waals surface area contributed by atoms with Gasteiger partial charge in [0.2, 0.25) is 0 Å². The summed E-state index contributed by atoms with van der Waals surface area (Å²) in [7, 11) is 0. The fraction of sp³-hybridized carbons (Fsp3) is 0.133. The molecule has 1 unspecified atom stereocenters. The molecule has 0 saturated heterocycles. The maximum absolute atomic E-state index is 12.0. The second-order valence-corrected chi connectivity index (χ2v) is 4.40. The molecule has 0 radical (unpaired) electrons. The second kappa shape index (κ2) is 6.81. The van der Waals surface area contributed by atoms with Crippen molar-refractivity contribution in [3.05, 3.63) is 65.7 Å². The maximum atomic E-state index is 12.0. The molecular formula is C15H16ClNO2. The monoisotopic (exact) mass is 277 g/mol. The third kappa shape index (κ3) is 4.00. The third-order valence-corrected chi connectivity index (χ3v) is 2.83. The van der Waals surface area contributed by atoms with Crippen molar-refractivity contribution in [1.29, 1.82) is 0 Å². The molecule has 4 heteroatoms. The average molecular weight is 278 g/mol. The number of benzene rings is 1. The lowest BCUT2D eigenvalue weighted by Gasteiger charge is -2.15. The zero-order valence-corrected chi connectivity index (χ0v) is 11.4. The van der Waals surface area contributed by atoms with Crippen LogP contribution < -0.4 is 5.32 Å². The Morgan fingerprint density at radius 3 is 2.74 bits per heavy atom. The summed E-state index contributed by atoms with van der Waals surface area (Å²) in [4.78, 5) is 12.0. The van der Waals surface area contributed by atoms with Crippen LogP contribution in [0, 0.1) is 0 Å². The highest BCUT2D eigenvalue weighted by atomic mass is 35.5. The van der Waals surface area contributed by atoms with Gasteiger partial charge in [-0.2, -0.15) is 0 Å². The first-order valence-corrected chi connectivity index (χ1v) is 6.11. The number of allylic oxidation sites excluding steroid dienone is 2. The fourth-order valence-corrected chi connectivity index (χ4v) is 1.75. The summed E-state index contributed by atoms with van der Waals surface area (Å²) in [6.07, 6.45) is 5.02. The molecule has 0 bridgehead atoms. The van der Waals surface area contributed by atoms with Crippen LogP contribution in [0.5, 0.6) is 5.75 Å². The first kappa shape index (κ1) is 15.1. The molecule has 0 aliphatic rings. The van der Waals surface area contributed by atoms with E-state index >= 15 is 0 Å². The molecule has 0 fully saturated rings. The Labute approximate surface area is 117 Å². The first-order valence-electron chi connectivity index (χ1n) is 5.74. The van der Waals surface area contributed by atoms with Crippen LogP contribution in [0.3, 0.4) is 0 Å². The van der Waals surface area contributed by atoms with E-state index in [-0.39, 0.29) is 17.4 Å². The van der Waals surface area contributed by atoms with Crippen molar-refractivity contribution >= 4 is 17.5 Å². The normalized spacial score (nSPS) is 12.6. The third-order valence-electron chi connectivity index (χ3n) is 2.60. The van der Waals surface area contributed by atoms with Crippen LogP contribution >= 0.6 is 11.6 Å². The molecule has 0 aromatic heterocycles. The molecule has 3 nitrogen and oxygen atoms in total. The largest absolute Gasteiger partial charge is 0.507 e. The van der Waals surface area contributed by atoms with E-state index in [2.05, 4.69) is 18.5 Å². The number of hydrogen-bond acceptors (Lipinski definition) is 2. The molecule has 0 aliphatic carbocycles. The number of rotatable bonds is 5. The molecule has 1 amide bonds. The number of aromatic hydroxyl groups is 1. The van der Waals surface area contributed by atoms with E-state index in [1.165, 1.54) is 18.2 Å². The van der Waals surface area contributed by atoms with Gasteiger partial charge in [0.15, 0.2) is 0 Å². The lowest BCUT2D eigenvalue weighted by molar-refractivity contribution is 0.0943. The lowest BCUT2D eigenvalue weighted by atomic mass is 10.1. The Morgan fingerprint density at radius 2 is 2.16 bits per heavy atom. The summed E-state index contributed by atoms with van der Waals surface area (Å²) in [6, 6.07) is 4.07. The van der Waals surface area contributed by atoms with Gasteiger partial charge in [0.05, 0.1) is 11.6 Å². The van der Waals surface area contributed by atoms with Crippen molar-refractivity contribution in [3.63, 3.8) is 0 Å². The van der Waals surface area contributed by atoms with E-state index in [4.69, 9.17) is 11.6 Å². The number of nitrogens with one attached hydrogen (secondary N) is 1. The predicted molar refractivity (Wildman–Crippen MR) is 78.5 cm³/mol. The Balaban J connectivity index is 2.90. The number of carbonyl (C=O) groups is 1. The van der Waals surface area contributed by atoms with Crippen LogP contribution in [0.1, 0.15) is 17.3 Å². The van der Waals surface area contributed by atoms with Crippen molar-refractivity contribution in [1.82, 2.24) is 5.32 Å². The second-order valence-electron chi connectivity index (χ2n) is 3.96. The van der Waals surface area contributed by atoms with Gasteiger partial charge in [-0.1, -0.05) is 43.0 Å². The lowest BCUT2D eigenvalue weighted by Crippen LogP contribution is -2.33. The minimum atomic E-state index is -0.399. The first-order chi connectivity index (χ1) is 8.99. The summed E-state index contributed by atoms with van der Waals surface area (Å²) in [6.45, 7) is 9.09. The molecule has 19 heavy (non-hydrogen) atoms. The standard InChI is InChI=1S/C15H16ClNO2/c1-4-6-11(5-2)10(3)17-15(19)13-9-12(16)7-8-14(13)18/h4-10,18H,1-2H2,3H3,(H,17,19)/b11-6+. The number of carbonyl (C=O) groups excluding carboxylic acids is 1. The average Bonchev–Trinajstić information content (AvgIpc) is 2.38. The number of halogens is 1. The Bertz CT molecular complexity index is 535. The van der Waals surface area contributed by atoms with Gasteiger partial charge >= 0.3 is 0 Å². The minimum absolute atomic E-state index is 0.109. The van der Waals surface area contributed by atoms with E-state index in [0.717, 1.165) is 5.57 Å². The number of amides is 1. The molecule has 0 aliphatic heterocycles. The zero-order valence-electron chi connectivity index (χ0n) is 10.7. The fourth-order valence-electron chi connectivity index (χ4n) is 1.57. The van der Waals surface area contributed by atoms with Crippen molar-refractivity contribution < 1.29 is 9.90 Å². The number of phenols is 1. The van der Waals surface area contributed by atoms with E-state index < -0.39 is 5.91 Å². The summed E-state index contributed by atoms with van der Waals surface area (Å²) in [5.74, 6) is -0.508. The molecule has 1 aromatic rings. The predicted octanol–water partition coefficient (Wildman–Crippen LogP) is 3.46. The molecule has 100 valence electrons. The molecule has 0 heterocycles. The summed E-state index contributed by atoms with van der Waals surface area (Å²) in [5.41, 5.74) is 0.964. The highest BCUT2D eigenvalue weighted by molar-refractivity contribution is 6.31. The Kier molecular flexibility index (Phi) is 5.39. The highest BCUT2D eigenvalue weighted by Crippen LogP contribution is 2.21. The van der Waals surface area contributed by atoms with Gasteiger partial charge in [0.25, 0.3) is 5.91 Å². The van der Waals surface area contributed by atoms with Crippen LogP contribution in [0.4, 0.5) is 0 Å². The maximum Gasteiger partial charge on any atom is 0.255 e. The van der Waals surface area contributed by atoms with Crippen molar-refractivity contribution in [2.75, 3.05) is 0 Å². The van der Waals surface area contributed by atoms with E-state index in [0.29, 0.717) is 5.02 Å². The minimum Gasteiger partial charge on any atom is -0.507 e. The van der Waals surface area contributed by atoms with Crippen LogP contribution in [-0.2, 0) is 0 Å². The van der Waals surface area contributed by atoms with E-state index in [9.17, 15) is 9.90 Å². The van der Waals surface area contributed by atoms with Gasteiger partial charge in [-0.3, -0.25) is 4.79 Å². The molecule has 0 spiro atoms. The molecule has 0 saturated carbocycles. The zero-order chi connectivity index (χ0) is 14.4. The topological polar surface area (TPSA) is 49.3 Å². The van der Waals surface area contributed by atoms with Gasteiger partial charge in [-0.15, -0.1) is 0 Å². The van der Waals surface area contributed by atoms with Crippen molar-refractivity contribution in [2.45, 2.75) is 13.0 Å². The SMILES string of the molecule is C=C/C=C(\C=C)C(C)NC(=O)c1cc(Cl)ccc1O. The van der Waals surface area contributed by atoms with E-state index in [1.54, 1.807) is 18.2 Å². The highest BCUT2D eigenvalue weighted by Gasteiger charge is 2.15. The molecular weight excluding hydrogens is 262 g/mol. The summed E-state index contributed by atoms with van der Waals surface area (Å²) < 4.78 is 0. The molecule has 1 aromatic carbocycles. The summed E-state index contributed by atoms with van der Waals surface area (Å²) >= 11 is 5.81. The molecule has 1 rings (SSSR count). The van der Waals surface area contributed by atoms with Crippen LogP contribution in [0.25, 0.3) is 0 Å². The molecule has 1 atom stereocenters. The van der Waals surface area contributed by atoms with Crippen LogP contribution in [-0.4, -0.2) is 17.1 Å². The van der Waals surface area contributed by atoms with Crippen LogP contribution in [0.2, 0.25) is 5.02 Å². The van der Waals surface area contributed by atoms with Gasteiger partial charge in [-0.05, 0) is 30.7 Å². The summed E-state index contributed by atoms with van der Waals surface area (Å²) in [5, 5.41) is 12.8. The number of hydrogen-bond donors (Lipinski definition) is 2. The van der Waals surface area contributed by atoms with Gasteiger partial charge in [-0.25, -0.2) is 0 Å². The molecule has 2 N–H and O–H groups in total. The van der Waals surface area contributed by atoms with Gasteiger partial charge < -0.3 is 10.4 Å². The van der Waals surface area contributed by atoms with Crippen molar-refractivity contribution in [2.24, 2.45) is 0 Å². The van der Waals surface area contributed by atoms with E-state index in [1.807, 2.05) is 6.92 Å². The smallest absolute Gasteiger partial charge is 0.255 e. The Hall–Kier alpha value is -2.00. The Morgan fingerprint density at radius 1 is 1.47 bits per heavy atom. The van der Waals surface area contributed by atoms with Gasteiger partial charge in [0.1, 0.15) is 5.75 Å². The van der Waals surface area contributed by atoms with Crippen LogP contribution in [0.15, 0.2) is 55.2 Å². The van der Waals surface area contributed by atoms with Crippen molar-refractivity contribution in [3.8, 4) is 5.75 Å². The number of phenolic OH excluding ortho intramolecular Hbond substituents is 1. The quantitative estimate of drug-likeness (QED) is 0.810.